The Balaban J connectivity index is 1.43. The Morgan fingerprint density at radius 1 is 1.15 bits per heavy atom. The highest BCUT2D eigenvalue weighted by molar-refractivity contribution is 5.93. The van der Waals surface area contributed by atoms with E-state index in [1.165, 1.54) is 0 Å². The van der Waals surface area contributed by atoms with E-state index in [4.69, 9.17) is 4.74 Å². The fourth-order valence-corrected chi connectivity index (χ4v) is 3.89. The predicted molar refractivity (Wildman–Crippen MR) is 91.2 cm³/mol. The molecular weight excluding hydrogens is 359 g/mol. The highest BCUT2D eigenvalue weighted by Gasteiger charge is 2.46. The summed E-state index contributed by atoms with van der Waals surface area (Å²) in [5.74, 6) is -0.843. The SMILES string of the molecule is O=C1c2cc(COc3ccccc3)nn2CCN1C1CCC(C(F)(F)F)C1. The van der Waals surface area contributed by atoms with Gasteiger partial charge in [0, 0.05) is 12.6 Å². The number of alkyl halides is 3. The smallest absolute Gasteiger partial charge is 0.391 e. The first-order chi connectivity index (χ1) is 12.9. The quantitative estimate of drug-likeness (QED) is 0.815. The zero-order valence-electron chi connectivity index (χ0n) is 14.7. The van der Waals surface area contributed by atoms with Crippen molar-refractivity contribution in [3.63, 3.8) is 0 Å². The number of rotatable bonds is 4. The maximum absolute atomic E-state index is 12.9. The first-order valence-electron chi connectivity index (χ1n) is 9.04. The molecule has 4 rings (SSSR count). The van der Waals surface area contributed by atoms with Crippen molar-refractivity contribution in [3.05, 3.63) is 47.8 Å². The van der Waals surface area contributed by atoms with Crippen LogP contribution in [0.25, 0.3) is 0 Å². The molecule has 0 bridgehead atoms. The lowest BCUT2D eigenvalue weighted by Gasteiger charge is -2.32. The lowest BCUT2D eigenvalue weighted by molar-refractivity contribution is -0.173. The van der Waals surface area contributed by atoms with Crippen LogP contribution >= 0.6 is 0 Å². The van der Waals surface area contributed by atoms with Crippen LogP contribution in [0.5, 0.6) is 5.75 Å². The Morgan fingerprint density at radius 2 is 1.93 bits per heavy atom. The molecule has 1 fully saturated rings. The van der Waals surface area contributed by atoms with Gasteiger partial charge < -0.3 is 9.64 Å². The third-order valence-electron chi connectivity index (χ3n) is 5.30. The third kappa shape index (κ3) is 3.65. The normalized spacial score (nSPS) is 22.8. The summed E-state index contributed by atoms with van der Waals surface area (Å²) in [7, 11) is 0. The minimum Gasteiger partial charge on any atom is -0.487 e. The Kier molecular flexibility index (Phi) is 4.57. The summed E-state index contributed by atoms with van der Waals surface area (Å²) in [6, 6.07) is 10.6. The van der Waals surface area contributed by atoms with Gasteiger partial charge in [-0.1, -0.05) is 18.2 Å². The molecule has 1 aromatic heterocycles. The minimum absolute atomic E-state index is 0.00659. The zero-order valence-corrected chi connectivity index (χ0v) is 14.7. The van der Waals surface area contributed by atoms with Gasteiger partial charge in [0.15, 0.2) is 0 Å². The van der Waals surface area contributed by atoms with Crippen molar-refractivity contribution >= 4 is 5.91 Å². The van der Waals surface area contributed by atoms with Gasteiger partial charge in [0.1, 0.15) is 23.7 Å². The van der Waals surface area contributed by atoms with Crippen molar-refractivity contribution in [2.45, 2.75) is 44.6 Å². The molecule has 0 saturated heterocycles. The van der Waals surface area contributed by atoms with Crippen molar-refractivity contribution < 1.29 is 22.7 Å². The van der Waals surface area contributed by atoms with Crippen LogP contribution in [-0.4, -0.2) is 39.4 Å². The Hall–Kier alpha value is -2.51. The number of aromatic nitrogens is 2. The molecule has 0 spiro atoms. The van der Waals surface area contributed by atoms with E-state index in [1.54, 1.807) is 15.6 Å². The molecule has 27 heavy (non-hydrogen) atoms. The van der Waals surface area contributed by atoms with Crippen molar-refractivity contribution in [2.24, 2.45) is 5.92 Å². The van der Waals surface area contributed by atoms with Gasteiger partial charge in [-0.05, 0) is 37.5 Å². The molecule has 2 aromatic rings. The Labute approximate surface area is 154 Å². The van der Waals surface area contributed by atoms with Crippen LogP contribution in [0.15, 0.2) is 36.4 Å². The largest absolute Gasteiger partial charge is 0.487 e. The number of hydrogen-bond acceptors (Lipinski definition) is 3. The molecule has 2 heterocycles. The topological polar surface area (TPSA) is 47.4 Å². The van der Waals surface area contributed by atoms with Crippen LogP contribution in [-0.2, 0) is 13.2 Å². The van der Waals surface area contributed by atoms with Crippen molar-refractivity contribution in [3.8, 4) is 5.75 Å². The number of benzene rings is 1. The molecule has 2 atom stereocenters. The van der Waals surface area contributed by atoms with Crippen LogP contribution < -0.4 is 4.74 Å². The second-order valence-electron chi connectivity index (χ2n) is 7.05. The zero-order chi connectivity index (χ0) is 19.0. The molecule has 1 aromatic carbocycles. The van der Waals surface area contributed by atoms with Gasteiger partial charge in [0.25, 0.3) is 5.91 Å². The predicted octanol–water partition coefficient (Wildman–Crippen LogP) is 3.65. The van der Waals surface area contributed by atoms with Crippen LogP contribution in [0.3, 0.4) is 0 Å². The van der Waals surface area contributed by atoms with Crippen LogP contribution in [0.2, 0.25) is 0 Å². The number of fused-ring (bicyclic) bond motifs is 1. The van der Waals surface area contributed by atoms with Gasteiger partial charge in [0.2, 0.25) is 0 Å². The number of carbonyl (C=O) groups is 1. The molecule has 0 radical (unpaired) electrons. The lowest BCUT2D eigenvalue weighted by atomic mass is 10.1. The number of para-hydroxylation sites is 1. The molecule has 8 heteroatoms. The molecule has 5 nitrogen and oxygen atoms in total. The summed E-state index contributed by atoms with van der Waals surface area (Å²) >= 11 is 0. The number of ether oxygens (including phenoxy) is 1. The van der Waals surface area contributed by atoms with Gasteiger partial charge in [-0.15, -0.1) is 0 Å². The summed E-state index contributed by atoms with van der Waals surface area (Å²) in [4.78, 5) is 14.4. The molecule has 1 amide bonds. The van der Waals surface area contributed by atoms with E-state index in [9.17, 15) is 18.0 Å². The summed E-state index contributed by atoms with van der Waals surface area (Å²) in [6.07, 6.45) is -3.70. The average molecular weight is 379 g/mol. The number of nitrogens with zero attached hydrogens (tertiary/aromatic N) is 3. The lowest BCUT2D eigenvalue weighted by Crippen LogP contribution is -2.46. The maximum atomic E-state index is 12.9. The number of carbonyl (C=O) groups excluding carboxylic acids is 1. The second kappa shape index (κ2) is 6.90. The van der Waals surface area contributed by atoms with Gasteiger partial charge >= 0.3 is 6.18 Å². The molecule has 0 N–H and O–H groups in total. The van der Waals surface area contributed by atoms with Crippen LogP contribution in [0.4, 0.5) is 13.2 Å². The molecule has 2 unspecified atom stereocenters. The second-order valence-corrected chi connectivity index (χ2v) is 7.05. The molecule has 1 saturated carbocycles. The van der Waals surface area contributed by atoms with Gasteiger partial charge in [-0.25, -0.2) is 0 Å². The van der Waals surface area contributed by atoms with Crippen LogP contribution in [0.1, 0.15) is 35.4 Å². The van der Waals surface area contributed by atoms with Crippen LogP contribution in [0, 0.1) is 5.92 Å². The molecule has 1 aliphatic carbocycles. The fraction of sp³-hybridized carbons (Fsp3) is 0.474. The van der Waals surface area contributed by atoms with Gasteiger partial charge in [-0.3, -0.25) is 9.48 Å². The van der Waals surface area contributed by atoms with E-state index in [-0.39, 0.29) is 31.4 Å². The van der Waals surface area contributed by atoms with Crippen molar-refractivity contribution in [2.75, 3.05) is 6.54 Å². The highest BCUT2D eigenvalue weighted by Crippen LogP contribution is 2.41. The van der Waals surface area contributed by atoms with Crippen molar-refractivity contribution in [1.29, 1.82) is 0 Å². The molecule has 1 aliphatic heterocycles. The summed E-state index contributed by atoms with van der Waals surface area (Å²) in [5, 5.41) is 4.40. The first kappa shape index (κ1) is 17.9. The van der Waals surface area contributed by atoms with E-state index in [2.05, 4.69) is 5.10 Å². The fourth-order valence-electron chi connectivity index (χ4n) is 3.89. The third-order valence-corrected chi connectivity index (χ3v) is 5.30. The Bertz CT molecular complexity index is 819. The molecule has 144 valence electrons. The molecule has 2 aliphatic rings. The van der Waals surface area contributed by atoms with E-state index >= 15 is 0 Å². The number of hydrogen-bond donors (Lipinski definition) is 0. The summed E-state index contributed by atoms with van der Waals surface area (Å²) in [5.41, 5.74) is 1.05. The molecular formula is C19H20F3N3O2. The monoisotopic (exact) mass is 379 g/mol. The van der Waals surface area contributed by atoms with E-state index < -0.39 is 12.1 Å². The number of halogens is 3. The average Bonchev–Trinajstić information content (AvgIpc) is 3.28. The summed E-state index contributed by atoms with van der Waals surface area (Å²) in [6.45, 7) is 1.11. The highest BCUT2D eigenvalue weighted by atomic mass is 19.4. The maximum Gasteiger partial charge on any atom is 0.391 e. The Morgan fingerprint density at radius 3 is 2.63 bits per heavy atom. The number of amides is 1. The van der Waals surface area contributed by atoms with E-state index in [0.717, 1.165) is 0 Å². The van der Waals surface area contributed by atoms with Gasteiger partial charge in [0.05, 0.1) is 12.5 Å². The minimum atomic E-state index is -4.18. The van der Waals surface area contributed by atoms with E-state index in [1.807, 2.05) is 30.3 Å². The van der Waals surface area contributed by atoms with E-state index in [0.29, 0.717) is 36.6 Å². The van der Waals surface area contributed by atoms with Crippen molar-refractivity contribution in [1.82, 2.24) is 14.7 Å². The standard InChI is InChI=1S/C19H20F3N3O2/c20-19(21,22)13-6-7-15(10-13)24-8-9-25-17(18(24)26)11-14(23-25)12-27-16-4-2-1-3-5-16/h1-5,11,13,15H,6-10,12H2. The van der Waals surface area contributed by atoms with Gasteiger partial charge in [-0.2, -0.15) is 18.3 Å². The summed E-state index contributed by atoms with van der Waals surface area (Å²) < 4.78 is 46.1. The first-order valence-corrected chi connectivity index (χ1v) is 9.04.